The molecule has 0 aliphatic carbocycles. The molecular formula is C46H34F2N2S2. The lowest BCUT2D eigenvalue weighted by molar-refractivity contribution is 0.589. The zero-order valence-corrected chi connectivity index (χ0v) is 30.5. The lowest BCUT2D eigenvalue weighted by Crippen LogP contribution is -2.24. The molecule has 2 nitrogen and oxygen atoms in total. The molecule has 254 valence electrons. The van der Waals surface area contributed by atoms with Crippen LogP contribution >= 0.6 is 23.5 Å². The Kier molecular flexibility index (Phi) is 7.98. The van der Waals surface area contributed by atoms with Crippen molar-refractivity contribution < 1.29 is 8.78 Å². The van der Waals surface area contributed by atoms with Crippen molar-refractivity contribution in [1.29, 1.82) is 0 Å². The lowest BCUT2D eigenvalue weighted by atomic mass is 9.75. The van der Waals surface area contributed by atoms with Crippen molar-refractivity contribution >= 4 is 57.6 Å². The molecule has 0 unspecified atom stereocenters. The number of hydrogen-bond acceptors (Lipinski definition) is 4. The first-order valence-corrected chi connectivity index (χ1v) is 19.0. The summed E-state index contributed by atoms with van der Waals surface area (Å²) in [4.78, 5) is 8.96. The van der Waals surface area contributed by atoms with Gasteiger partial charge in [0, 0.05) is 41.8 Å². The Morgan fingerprint density at radius 2 is 0.712 bits per heavy atom. The van der Waals surface area contributed by atoms with Gasteiger partial charge in [0.1, 0.15) is 11.6 Å². The van der Waals surface area contributed by atoms with Gasteiger partial charge in [0.05, 0.1) is 34.1 Å². The molecule has 9 rings (SSSR count). The third-order valence-electron chi connectivity index (χ3n) is 9.67. The molecule has 0 N–H and O–H groups in total. The Balaban J connectivity index is 1.52. The third kappa shape index (κ3) is 5.32. The summed E-state index contributed by atoms with van der Waals surface area (Å²) < 4.78 is 33.1. The summed E-state index contributed by atoms with van der Waals surface area (Å²) in [5.74, 6) is -0.668. The van der Waals surface area contributed by atoms with Crippen LogP contribution in [0.4, 0.5) is 42.9 Å². The molecule has 52 heavy (non-hydrogen) atoms. The van der Waals surface area contributed by atoms with Crippen LogP contribution in [0.25, 0.3) is 22.3 Å². The second kappa shape index (κ2) is 12.7. The molecule has 7 aromatic rings. The van der Waals surface area contributed by atoms with Gasteiger partial charge < -0.3 is 9.80 Å². The molecule has 0 bridgehead atoms. The topological polar surface area (TPSA) is 6.48 Å². The molecule has 0 atom stereocenters. The number of halogens is 2. The van der Waals surface area contributed by atoms with Crippen LogP contribution in [-0.2, 0) is 5.41 Å². The van der Waals surface area contributed by atoms with E-state index in [0.717, 1.165) is 70.4 Å². The summed E-state index contributed by atoms with van der Waals surface area (Å²) in [6.07, 6.45) is 0. The van der Waals surface area contributed by atoms with Gasteiger partial charge >= 0.3 is 0 Å². The first kappa shape index (κ1) is 32.6. The average molecular weight is 717 g/mol. The summed E-state index contributed by atoms with van der Waals surface area (Å²) in [7, 11) is 0. The molecule has 0 radical (unpaired) electrons. The van der Waals surface area contributed by atoms with Crippen LogP contribution in [0, 0.1) is 11.6 Å². The molecule has 0 aromatic heterocycles. The van der Waals surface area contributed by atoms with Crippen LogP contribution in [0.3, 0.4) is 0 Å². The molecule has 2 heterocycles. The van der Waals surface area contributed by atoms with E-state index in [1.807, 2.05) is 24.3 Å². The van der Waals surface area contributed by atoms with Gasteiger partial charge in [-0.05, 0) is 77.7 Å². The van der Waals surface area contributed by atoms with Crippen LogP contribution < -0.4 is 9.80 Å². The number of rotatable bonds is 4. The van der Waals surface area contributed by atoms with Gasteiger partial charge in [0.15, 0.2) is 0 Å². The number of nitrogens with zero attached hydrogens (tertiary/aromatic N) is 2. The highest BCUT2D eigenvalue weighted by Crippen LogP contribution is 2.60. The van der Waals surface area contributed by atoms with Gasteiger partial charge in [0.25, 0.3) is 0 Å². The van der Waals surface area contributed by atoms with Crippen molar-refractivity contribution in [3.05, 3.63) is 169 Å². The van der Waals surface area contributed by atoms with Gasteiger partial charge in [-0.3, -0.25) is 0 Å². The highest BCUT2D eigenvalue weighted by molar-refractivity contribution is 8.00. The molecule has 0 amide bonds. The van der Waals surface area contributed by atoms with Gasteiger partial charge in [-0.25, -0.2) is 8.78 Å². The summed E-state index contributed by atoms with van der Waals surface area (Å²) >= 11 is 3.47. The van der Waals surface area contributed by atoms with E-state index in [0.29, 0.717) is 11.1 Å². The van der Waals surface area contributed by atoms with Crippen molar-refractivity contribution in [2.24, 2.45) is 0 Å². The van der Waals surface area contributed by atoms with E-state index in [1.165, 1.54) is 12.1 Å². The maximum Gasteiger partial charge on any atom is 0.131 e. The van der Waals surface area contributed by atoms with E-state index < -0.39 is 5.41 Å². The van der Waals surface area contributed by atoms with Crippen LogP contribution in [0.2, 0.25) is 0 Å². The zero-order valence-electron chi connectivity index (χ0n) is 28.9. The van der Waals surface area contributed by atoms with Crippen LogP contribution in [0.15, 0.2) is 171 Å². The fourth-order valence-electron chi connectivity index (χ4n) is 7.56. The van der Waals surface area contributed by atoms with E-state index in [2.05, 4.69) is 134 Å². The van der Waals surface area contributed by atoms with Crippen molar-refractivity contribution in [3.63, 3.8) is 0 Å². The van der Waals surface area contributed by atoms with E-state index >= 15 is 8.78 Å². The fourth-order valence-corrected chi connectivity index (χ4v) is 9.68. The Labute approximate surface area is 311 Å². The highest BCUT2D eigenvalue weighted by atomic mass is 32.2. The van der Waals surface area contributed by atoms with E-state index in [-0.39, 0.29) is 11.6 Å². The van der Waals surface area contributed by atoms with Gasteiger partial charge in [0.2, 0.25) is 0 Å². The minimum atomic E-state index is -0.576. The van der Waals surface area contributed by atoms with Crippen LogP contribution in [-0.4, -0.2) is 0 Å². The average Bonchev–Trinajstić information content (AvgIpc) is 3.15. The molecule has 2 aliphatic heterocycles. The van der Waals surface area contributed by atoms with E-state index in [9.17, 15) is 0 Å². The van der Waals surface area contributed by atoms with Crippen molar-refractivity contribution in [3.8, 4) is 22.3 Å². The van der Waals surface area contributed by atoms with Gasteiger partial charge in [-0.1, -0.05) is 129 Å². The number of para-hydroxylation sites is 4. The fraction of sp³-hybridized carbons (Fsp3) is 0.0870. The third-order valence-corrected chi connectivity index (χ3v) is 11.9. The minimum absolute atomic E-state index is 0.334. The molecule has 0 spiro atoms. The maximum absolute atomic E-state index is 16.5. The smallest absolute Gasteiger partial charge is 0.131 e. The lowest BCUT2D eigenvalue weighted by Gasteiger charge is -2.41. The first-order valence-electron chi connectivity index (χ1n) is 17.3. The Bertz CT molecular complexity index is 2270. The predicted molar refractivity (Wildman–Crippen MR) is 214 cm³/mol. The Morgan fingerprint density at radius 3 is 1.04 bits per heavy atom. The second-order valence-electron chi connectivity index (χ2n) is 14.0. The molecule has 2 aliphatic rings. The molecule has 7 aromatic carbocycles. The zero-order chi connectivity index (χ0) is 35.6. The molecule has 0 saturated carbocycles. The van der Waals surface area contributed by atoms with Crippen molar-refractivity contribution in [1.82, 2.24) is 0 Å². The molecule has 0 saturated heterocycles. The largest absolute Gasteiger partial charge is 0.307 e. The van der Waals surface area contributed by atoms with Crippen molar-refractivity contribution in [2.45, 2.75) is 45.8 Å². The quantitative estimate of drug-likeness (QED) is 0.179. The number of fused-ring (bicyclic) bond motifs is 4. The van der Waals surface area contributed by atoms with E-state index in [1.54, 1.807) is 35.7 Å². The summed E-state index contributed by atoms with van der Waals surface area (Å²) in [6, 6.07) is 49.7. The molecule has 0 fully saturated rings. The van der Waals surface area contributed by atoms with E-state index in [4.69, 9.17) is 0 Å². The monoisotopic (exact) mass is 716 g/mol. The summed E-state index contributed by atoms with van der Waals surface area (Å²) in [6.45, 7) is 6.44. The summed E-state index contributed by atoms with van der Waals surface area (Å²) in [5.41, 5.74) is 8.33. The predicted octanol–water partition coefficient (Wildman–Crippen LogP) is 14.5. The van der Waals surface area contributed by atoms with Gasteiger partial charge in [-0.2, -0.15) is 0 Å². The highest BCUT2D eigenvalue weighted by Gasteiger charge is 2.37. The SMILES string of the molecule is CC(C)(C)c1c(-c2ccccc2F)c(N2c3ccccc3Sc3ccccc32)cc(N2c3ccccc3Sc3ccccc32)c1-c1ccccc1F. The first-order chi connectivity index (χ1) is 25.3. The minimum Gasteiger partial charge on any atom is -0.307 e. The molecular weight excluding hydrogens is 683 g/mol. The van der Waals surface area contributed by atoms with Crippen molar-refractivity contribution in [2.75, 3.05) is 9.80 Å². The van der Waals surface area contributed by atoms with Gasteiger partial charge in [-0.15, -0.1) is 0 Å². The summed E-state index contributed by atoms with van der Waals surface area (Å²) in [5, 5.41) is 0. The Hall–Kier alpha value is -5.30. The number of hydrogen-bond donors (Lipinski definition) is 0. The van der Waals surface area contributed by atoms with Crippen LogP contribution in [0.5, 0.6) is 0 Å². The standard InChI is InChI=1S/C46H34F2N2S2/c1-46(2,3)45-43(29-16-4-6-18-31(29)47)37(49-33-20-8-12-24-39(33)51-40-25-13-9-21-34(40)49)28-38(44(45)30-17-5-7-19-32(30)48)50-35-22-10-14-26-41(35)52-42-27-15-11-23-36(42)50/h4-28H,1-3H3. The Morgan fingerprint density at radius 1 is 0.404 bits per heavy atom. The molecule has 6 heteroatoms. The number of benzene rings is 7. The maximum atomic E-state index is 16.5. The normalized spacial score (nSPS) is 13.2. The van der Waals surface area contributed by atoms with Crippen LogP contribution in [0.1, 0.15) is 26.3 Å². The number of anilines is 6. The second-order valence-corrected chi connectivity index (χ2v) is 16.2.